The Balaban J connectivity index is 1.93. The highest BCUT2D eigenvalue weighted by Crippen LogP contribution is 2.29. The summed E-state index contributed by atoms with van der Waals surface area (Å²) < 4.78 is 0. The molecule has 3 nitrogen and oxygen atoms in total. The smallest absolute Gasteiger partial charge is 0.321 e. The lowest BCUT2D eigenvalue weighted by Crippen LogP contribution is -2.35. The van der Waals surface area contributed by atoms with Gasteiger partial charge in [0.2, 0.25) is 0 Å². The molecule has 0 saturated heterocycles. The summed E-state index contributed by atoms with van der Waals surface area (Å²) in [7, 11) is 1.81. The number of carbonyl (C=O) groups excluding carboxylic acids is 1. The van der Waals surface area contributed by atoms with E-state index in [1.165, 1.54) is 16.7 Å². The monoisotopic (exact) mass is 280 g/mol. The van der Waals surface area contributed by atoms with Gasteiger partial charge in [-0.1, -0.05) is 44.2 Å². The molecule has 108 valence electrons. The number of amides is 2. The fraction of sp³-hybridized carbons (Fsp3) is 0.278. The van der Waals surface area contributed by atoms with Crippen LogP contribution in [0.25, 0.3) is 11.1 Å². The van der Waals surface area contributed by atoms with E-state index in [9.17, 15) is 4.79 Å². The molecule has 0 atom stereocenters. The number of fused-ring (bicyclic) bond motifs is 1. The van der Waals surface area contributed by atoms with Gasteiger partial charge >= 0.3 is 6.03 Å². The predicted octanol–water partition coefficient (Wildman–Crippen LogP) is 4.45. The molecular formula is C18H20N2O. The van der Waals surface area contributed by atoms with Crippen LogP contribution in [0, 0.1) is 0 Å². The van der Waals surface area contributed by atoms with Crippen molar-refractivity contribution in [3.05, 3.63) is 53.6 Å². The van der Waals surface area contributed by atoms with Crippen LogP contribution >= 0.6 is 0 Å². The Morgan fingerprint density at radius 1 is 1.05 bits per heavy atom. The summed E-state index contributed by atoms with van der Waals surface area (Å²) in [6.45, 7) is 5.05. The minimum atomic E-state index is -0.0449. The van der Waals surface area contributed by atoms with Crippen molar-refractivity contribution in [1.29, 1.82) is 0 Å². The van der Waals surface area contributed by atoms with Crippen LogP contribution in [0.2, 0.25) is 0 Å². The van der Waals surface area contributed by atoms with Gasteiger partial charge in [0.15, 0.2) is 0 Å². The van der Waals surface area contributed by atoms with Crippen molar-refractivity contribution < 1.29 is 4.79 Å². The van der Waals surface area contributed by atoms with Crippen LogP contribution in [0.4, 0.5) is 10.5 Å². The average Bonchev–Trinajstić information content (AvgIpc) is 2.48. The van der Waals surface area contributed by atoms with E-state index < -0.39 is 0 Å². The highest BCUT2D eigenvalue weighted by molar-refractivity contribution is 5.92. The second-order valence-corrected chi connectivity index (χ2v) is 5.93. The van der Waals surface area contributed by atoms with Gasteiger partial charge in [0.1, 0.15) is 0 Å². The van der Waals surface area contributed by atoms with Crippen molar-refractivity contribution >= 4 is 11.7 Å². The topological polar surface area (TPSA) is 32.3 Å². The first kappa shape index (κ1) is 13.7. The van der Waals surface area contributed by atoms with Gasteiger partial charge in [0.25, 0.3) is 0 Å². The quantitative estimate of drug-likeness (QED) is 0.865. The molecule has 0 unspecified atom stereocenters. The van der Waals surface area contributed by atoms with Crippen LogP contribution in [-0.4, -0.2) is 18.0 Å². The Kier molecular flexibility index (Phi) is 3.42. The van der Waals surface area contributed by atoms with Gasteiger partial charge < -0.3 is 10.2 Å². The average molecular weight is 280 g/mol. The van der Waals surface area contributed by atoms with E-state index in [1.54, 1.807) is 4.90 Å². The molecule has 2 aromatic rings. The second-order valence-electron chi connectivity index (χ2n) is 5.93. The van der Waals surface area contributed by atoms with E-state index >= 15 is 0 Å². The molecule has 0 spiro atoms. The van der Waals surface area contributed by atoms with Crippen LogP contribution < -0.4 is 5.32 Å². The van der Waals surface area contributed by atoms with Gasteiger partial charge in [0.05, 0.1) is 0 Å². The summed E-state index contributed by atoms with van der Waals surface area (Å²) in [6, 6.07) is 14.9. The fourth-order valence-electron chi connectivity index (χ4n) is 2.62. The minimum absolute atomic E-state index is 0.0449. The Hall–Kier alpha value is -2.29. The van der Waals surface area contributed by atoms with Crippen molar-refractivity contribution in [2.24, 2.45) is 0 Å². The Morgan fingerprint density at radius 2 is 1.71 bits per heavy atom. The summed E-state index contributed by atoms with van der Waals surface area (Å²) in [5, 5.41) is 2.90. The number of nitrogens with one attached hydrogen (secondary N) is 1. The number of hydrogen-bond donors (Lipinski definition) is 1. The molecule has 0 bridgehead atoms. The zero-order valence-corrected chi connectivity index (χ0v) is 12.7. The van der Waals surface area contributed by atoms with Gasteiger partial charge in [-0.05, 0) is 40.3 Å². The van der Waals surface area contributed by atoms with E-state index in [0.717, 1.165) is 11.3 Å². The van der Waals surface area contributed by atoms with Crippen molar-refractivity contribution in [2.45, 2.75) is 26.3 Å². The Morgan fingerprint density at radius 3 is 2.38 bits per heavy atom. The van der Waals surface area contributed by atoms with Crippen LogP contribution in [0.15, 0.2) is 42.5 Å². The maximum Gasteiger partial charge on any atom is 0.321 e. The molecule has 0 fully saturated rings. The predicted molar refractivity (Wildman–Crippen MR) is 86.5 cm³/mol. The third kappa shape index (κ3) is 2.64. The van der Waals surface area contributed by atoms with Gasteiger partial charge in [-0.15, -0.1) is 0 Å². The lowest BCUT2D eigenvalue weighted by molar-refractivity contribution is 0.218. The van der Waals surface area contributed by atoms with Crippen LogP contribution in [0.5, 0.6) is 0 Å². The number of hydrogen-bond acceptors (Lipinski definition) is 1. The molecule has 0 saturated carbocycles. The molecule has 2 aromatic carbocycles. The normalized spacial score (nSPS) is 14.1. The van der Waals surface area contributed by atoms with Crippen LogP contribution in [0.1, 0.15) is 30.9 Å². The van der Waals surface area contributed by atoms with Gasteiger partial charge in [0, 0.05) is 19.3 Å². The number of anilines is 1. The fourth-order valence-corrected chi connectivity index (χ4v) is 2.62. The van der Waals surface area contributed by atoms with E-state index in [-0.39, 0.29) is 6.03 Å². The number of urea groups is 1. The number of rotatable bonds is 2. The molecule has 1 aliphatic rings. The third-order valence-electron chi connectivity index (χ3n) is 4.01. The molecular weight excluding hydrogens is 260 g/mol. The second kappa shape index (κ2) is 5.24. The van der Waals surface area contributed by atoms with E-state index in [1.807, 2.05) is 13.1 Å². The minimum Gasteiger partial charge on any atom is -0.323 e. The summed E-state index contributed by atoms with van der Waals surface area (Å²) in [5.41, 5.74) is 5.82. The summed E-state index contributed by atoms with van der Waals surface area (Å²) in [5.74, 6) is 0.548. The highest BCUT2D eigenvalue weighted by atomic mass is 16.2. The lowest BCUT2D eigenvalue weighted by Gasteiger charge is -2.26. The molecule has 0 aromatic heterocycles. The first-order valence-corrected chi connectivity index (χ1v) is 7.30. The van der Waals surface area contributed by atoms with E-state index in [0.29, 0.717) is 12.5 Å². The first-order valence-electron chi connectivity index (χ1n) is 7.30. The largest absolute Gasteiger partial charge is 0.323 e. The van der Waals surface area contributed by atoms with Crippen molar-refractivity contribution in [3.8, 4) is 11.1 Å². The molecule has 1 N–H and O–H groups in total. The summed E-state index contributed by atoms with van der Waals surface area (Å²) in [6.07, 6.45) is 0. The number of nitrogens with zero attached hydrogens (tertiary/aromatic N) is 1. The number of benzene rings is 2. The van der Waals surface area contributed by atoms with Crippen molar-refractivity contribution in [3.63, 3.8) is 0 Å². The van der Waals surface area contributed by atoms with E-state index in [2.05, 4.69) is 55.6 Å². The highest BCUT2D eigenvalue weighted by Gasteiger charge is 2.19. The lowest BCUT2D eigenvalue weighted by atomic mass is 9.97. The van der Waals surface area contributed by atoms with E-state index in [4.69, 9.17) is 0 Å². The molecule has 2 amide bonds. The SMILES string of the molecule is CC(C)c1ccc(-c2ccc3c(c2)CN(C)C(=O)N3)cc1. The van der Waals surface area contributed by atoms with Crippen molar-refractivity contribution in [2.75, 3.05) is 12.4 Å². The van der Waals surface area contributed by atoms with Crippen molar-refractivity contribution in [1.82, 2.24) is 4.90 Å². The zero-order valence-electron chi connectivity index (χ0n) is 12.7. The zero-order chi connectivity index (χ0) is 15.0. The molecule has 21 heavy (non-hydrogen) atoms. The van der Waals surface area contributed by atoms with Crippen LogP contribution in [0.3, 0.4) is 0 Å². The Labute approximate surface area is 125 Å². The molecule has 1 aliphatic heterocycles. The van der Waals surface area contributed by atoms with Gasteiger partial charge in [-0.3, -0.25) is 0 Å². The maximum atomic E-state index is 11.6. The molecule has 0 radical (unpaired) electrons. The third-order valence-corrected chi connectivity index (χ3v) is 4.01. The number of carbonyl (C=O) groups is 1. The first-order chi connectivity index (χ1) is 10.0. The standard InChI is InChI=1S/C18H20N2O/c1-12(2)13-4-6-14(7-5-13)15-8-9-17-16(10-15)11-20(3)18(21)19-17/h4-10,12H,11H2,1-3H3,(H,19,21). The summed E-state index contributed by atoms with van der Waals surface area (Å²) >= 11 is 0. The van der Waals surface area contributed by atoms with Gasteiger partial charge in [-0.2, -0.15) is 0 Å². The summed E-state index contributed by atoms with van der Waals surface area (Å²) in [4.78, 5) is 13.3. The Bertz CT molecular complexity index is 674. The molecule has 3 rings (SSSR count). The molecule has 0 aliphatic carbocycles. The van der Waals surface area contributed by atoms with Crippen LogP contribution in [-0.2, 0) is 6.54 Å². The van der Waals surface area contributed by atoms with Gasteiger partial charge in [-0.25, -0.2) is 4.79 Å². The maximum absolute atomic E-state index is 11.6. The molecule has 1 heterocycles. The molecule has 3 heteroatoms.